The Bertz CT molecular complexity index is 799. The summed E-state index contributed by atoms with van der Waals surface area (Å²) in [4.78, 5) is 29.4. The molecule has 1 N–H and O–H groups in total. The fourth-order valence-electron chi connectivity index (χ4n) is 1.97. The molecule has 2 rings (SSSR count). The van der Waals surface area contributed by atoms with E-state index < -0.39 is 17.6 Å². The van der Waals surface area contributed by atoms with Crippen molar-refractivity contribution in [2.75, 3.05) is 18.9 Å². The minimum absolute atomic E-state index is 0.0130. The van der Waals surface area contributed by atoms with Gasteiger partial charge in [0, 0.05) is 13.2 Å². The van der Waals surface area contributed by atoms with Crippen LogP contribution in [0.5, 0.6) is 0 Å². The van der Waals surface area contributed by atoms with Crippen LogP contribution in [-0.4, -0.2) is 35.3 Å². The highest BCUT2D eigenvalue weighted by Crippen LogP contribution is 2.25. The van der Waals surface area contributed by atoms with Gasteiger partial charge in [0.1, 0.15) is 11.6 Å². The van der Waals surface area contributed by atoms with Gasteiger partial charge in [-0.15, -0.1) is 0 Å². The number of aromatic nitrogens is 1. The molecule has 0 radical (unpaired) electrons. The third-order valence-electron chi connectivity index (χ3n) is 3.15. The zero-order chi connectivity index (χ0) is 17.9. The van der Waals surface area contributed by atoms with E-state index in [0.717, 1.165) is 22.6 Å². The third-order valence-corrected chi connectivity index (χ3v) is 3.75. The SMILES string of the molecule is Cc1ccnc(NC(=O)CN(C)C(=O)c2cc(F)c(Cl)cc2Cl)c1. The summed E-state index contributed by atoms with van der Waals surface area (Å²) in [6, 6.07) is 5.59. The Labute approximate surface area is 148 Å². The molecule has 1 heterocycles. The highest BCUT2D eigenvalue weighted by molar-refractivity contribution is 6.36. The van der Waals surface area contributed by atoms with Crippen molar-refractivity contribution in [2.45, 2.75) is 6.92 Å². The molecule has 5 nitrogen and oxygen atoms in total. The fourth-order valence-corrected chi connectivity index (χ4v) is 2.43. The van der Waals surface area contributed by atoms with E-state index in [1.165, 1.54) is 7.05 Å². The van der Waals surface area contributed by atoms with Crippen molar-refractivity contribution in [3.8, 4) is 0 Å². The summed E-state index contributed by atoms with van der Waals surface area (Å²) in [5.41, 5.74) is 0.871. The predicted molar refractivity (Wildman–Crippen MR) is 91.0 cm³/mol. The van der Waals surface area contributed by atoms with Gasteiger partial charge in [0.2, 0.25) is 5.91 Å². The van der Waals surface area contributed by atoms with Crippen LogP contribution in [0.15, 0.2) is 30.5 Å². The van der Waals surface area contributed by atoms with Gasteiger partial charge < -0.3 is 10.2 Å². The van der Waals surface area contributed by atoms with E-state index >= 15 is 0 Å². The minimum atomic E-state index is -0.758. The first kappa shape index (κ1) is 18.2. The van der Waals surface area contributed by atoms with Gasteiger partial charge >= 0.3 is 0 Å². The first-order valence-corrected chi connectivity index (χ1v) is 7.66. The molecule has 0 spiro atoms. The lowest BCUT2D eigenvalue weighted by Crippen LogP contribution is -2.35. The Morgan fingerprint density at radius 3 is 2.62 bits per heavy atom. The molecular weight excluding hydrogens is 356 g/mol. The number of hydrogen-bond donors (Lipinski definition) is 1. The van der Waals surface area contributed by atoms with Crippen LogP contribution in [0.4, 0.5) is 10.2 Å². The van der Waals surface area contributed by atoms with Crippen molar-refractivity contribution >= 4 is 40.8 Å². The monoisotopic (exact) mass is 369 g/mol. The number of carbonyl (C=O) groups is 2. The van der Waals surface area contributed by atoms with Gasteiger partial charge in [-0.05, 0) is 36.8 Å². The number of halogens is 3. The molecule has 24 heavy (non-hydrogen) atoms. The fraction of sp³-hybridized carbons (Fsp3) is 0.188. The number of likely N-dealkylation sites (N-methyl/N-ethyl adjacent to an activating group) is 1. The van der Waals surface area contributed by atoms with Gasteiger partial charge in [-0.3, -0.25) is 9.59 Å². The number of rotatable bonds is 4. The normalized spacial score (nSPS) is 10.4. The van der Waals surface area contributed by atoms with Gasteiger partial charge in [-0.25, -0.2) is 9.37 Å². The zero-order valence-corrected chi connectivity index (χ0v) is 14.5. The number of aryl methyl sites for hydroxylation is 1. The summed E-state index contributed by atoms with van der Waals surface area (Å²) in [5.74, 6) is -1.40. The summed E-state index contributed by atoms with van der Waals surface area (Å²) in [5, 5.41) is 2.42. The van der Waals surface area contributed by atoms with E-state index in [0.29, 0.717) is 5.82 Å². The van der Waals surface area contributed by atoms with Crippen LogP contribution in [0.1, 0.15) is 15.9 Å². The number of amides is 2. The van der Waals surface area contributed by atoms with E-state index in [4.69, 9.17) is 23.2 Å². The number of pyridine rings is 1. The van der Waals surface area contributed by atoms with Crippen LogP contribution in [0.25, 0.3) is 0 Å². The smallest absolute Gasteiger partial charge is 0.255 e. The number of carbonyl (C=O) groups excluding carboxylic acids is 2. The van der Waals surface area contributed by atoms with E-state index in [9.17, 15) is 14.0 Å². The Morgan fingerprint density at radius 1 is 1.25 bits per heavy atom. The van der Waals surface area contributed by atoms with Gasteiger partial charge in [-0.1, -0.05) is 23.2 Å². The number of nitrogens with one attached hydrogen (secondary N) is 1. The third kappa shape index (κ3) is 4.43. The maximum atomic E-state index is 13.5. The molecule has 0 unspecified atom stereocenters. The maximum Gasteiger partial charge on any atom is 0.255 e. The molecule has 126 valence electrons. The average Bonchev–Trinajstić information content (AvgIpc) is 2.50. The summed E-state index contributed by atoms with van der Waals surface area (Å²) < 4.78 is 13.5. The van der Waals surface area contributed by atoms with Crippen LogP contribution < -0.4 is 5.32 Å². The van der Waals surface area contributed by atoms with Crippen molar-refractivity contribution in [2.24, 2.45) is 0 Å². The van der Waals surface area contributed by atoms with Crippen molar-refractivity contribution in [3.63, 3.8) is 0 Å². The molecule has 2 amide bonds. The number of nitrogens with zero attached hydrogens (tertiary/aromatic N) is 2. The summed E-state index contributed by atoms with van der Waals surface area (Å²) >= 11 is 11.5. The molecule has 0 aliphatic carbocycles. The average molecular weight is 370 g/mol. The highest BCUT2D eigenvalue weighted by Gasteiger charge is 2.20. The standard InChI is InChI=1S/C16H14Cl2FN3O2/c1-9-3-4-20-14(5-9)21-15(23)8-22(2)16(24)10-6-13(19)12(18)7-11(10)17/h3-7H,8H2,1-2H3,(H,20,21,23). The molecule has 8 heteroatoms. The summed E-state index contributed by atoms with van der Waals surface area (Å²) in [6.07, 6.45) is 1.57. The summed E-state index contributed by atoms with van der Waals surface area (Å²) in [7, 11) is 1.41. The molecule has 2 aromatic rings. The second kappa shape index (κ2) is 7.59. The van der Waals surface area contributed by atoms with E-state index in [-0.39, 0.29) is 22.2 Å². The van der Waals surface area contributed by atoms with Gasteiger partial charge in [0.05, 0.1) is 22.2 Å². The highest BCUT2D eigenvalue weighted by atomic mass is 35.5. The number of hydrogen-bond acceptors (Lipinski definition) is 3. The predicted octanol–water partition coefficient (Wildman–Crippen LogP) is 3.55. The molecule has 0 atom stereocenters. The molecule has 0 saturated carbocycles. The van der Waals surface area contributed by atoms with Crippen molar-refractivity contribution in [1.29, 1.82) is 0 Å². The topological polar surface area (TPSA) is 62.3 Å². The Kier molecular flexibility index (Phi) is 5.75. The first-order chi connectivity index (χ1) is 11.3. The maximum absolute atomic E-state index is 13.5. The molecule has 0 bridgehead atoms. The molecule has 0 aliphatic rings. The molecule has 1 aromatic heterocycles. The van der Waals surface area contributed by atoms with Crippen molar-refractivity contribution < 1.29 is 14.0 Å². The van der Waals surface area contributed by atoms with Gasteiger partial charge in [-0.2, -0.15) is 0 Å². The van der Waals surface area contributed by atoms with Gasteiger partial charge in [0.25, 0.3) is 5.91 Å². The van der Waals surface area contributed by atoms with E-state index in [1.54, 1.807) is 18.3 Å². The minimum Gasteiger partial charge on any atom is -0.332 e. The van der Waals surface area contributed by atoms with Crippen LogP contribution in [0, 0.1) is 12.7 Å². The molecule has 0 fully saturated rings. The Balaban J connectivity index is 2.06. The summed E-state index contributed by atoms with van der Waals surface area (Å²) in [6.45, 7) is 1.62. The first-order valence-electron chi connectivity index (χ1n) is 6.90. The van der Waals surface area contributed by atoms with Crippen LogP contribution >= 0.6 is 23.2 Å². The number of benzene rings is 1. The lowest BCUT2D eigenvalue weighted by molar-refractivity contribution is -0.116. The zero-order valence-electron chi connectivity index (χ0n) is 12.9. The molecular formula is C16H14Cl2FN3O2. The van der Waals surface area contributed by atoms with Crippen molar-refractivity contribution in [3.05, 3.63) is 57.5 Å². The largest absolute Gasteiger partial charge is 0.332 e. The quantitative estimate of drug-likeness (QED) is 0.838. The van der Waals surface area contributed by atoms with Crippen LogP contribution in [0.2, 0.25) is 10.0 Å². The lowest BCUT2D eigenvalue weighted by atomic mass is 10.2. The van der Waals surface area contributed by atoms with Crippen LogP contribution in [-0.2, 0) is 4.79 Å². The Morgan fingerprint density at radius 2 is 1.96 bits per heavy atom. The molecule has 0 saturated heterocycles. The Hall–Kier alpha value is -2.18. The number of anilines is 1. The van der Waals surface area contributed by atoms with Crippen molar-refractivity contribution in [1.82, 2.24) is 9.88 Å². The van der Waals surface area contributed by atoms with E-state index in [1.807, 2.05) is 6.92 Å². The molecule has 0 aliphatic heterocycles. The second-order valence-electron chi connectivity index (χ2n) is 5.17. The van der Waals surface area contributed by atoms with Gasteiger partial charge in [0.15, 0.2) is 0 Å². The van der Waals surface area contributed by atoms with E-state index in [2.05, 4.69) is 10.3 Å². The molecule has 1 aromatic carbocycles. The van der Waals surface area contributed by atoms with Crippen LogP contribution in [0.3, 0.4) is 0 Å². The lowest BCUT2D eigenvalue weighted by Gasteiger charge is -2.17. The second-order valence-corrected chi connectivity index (χ2v) is 5.99.